The molecule has 0 aromatic heterocycles. The van der Waals surface area contributed by atoms with Gasteiger partial charge in [0.15, 0.2) is 0 Å². The highest BCUT2D eigenvalue weighted by Gasteiger charge is 2.40. The van der Waals surface area contributed by atoms with Gasteiger partial charge in [0.25, 0.3) is 4.32 Å². The van der Waals surface area contributed by atoms with Crippen LogP contribution in [0.5, 0.6) is 0 Å². The molecule has 0 aliphatic carbocycles. The van der Waals surface area contributed by atoms with Gasteiger partial charge < -0.3 is 0 Å². The standard InChI is InChI=1S/C7H12O2PS3/c1-4-9-10(8)7-12-5(2)6(11-3)13-7/h7H,4H2,1-3H3/q+1. The maximum Gasteiger partial charge on any atom is 0.534 e. The zero-order chi connectivity index (χ0) is 9.84. The van der Waals surface area contributed by atoms with E-state index in [2.05, 4.69) is 6.92 Å². The zero-order valence-electron chi connectivity index (χ0n) is 7.77. The number of rotatable bonds is 4. The highest BCUT2D eigenvalue weighted by Crippen LogP contribution is 2.58. The molecule has 0 saturated heterocycles. The molecule has 0 aromatic rings. The minimum atomic E-state index is -1.52. The van der Waals surface area contributed by atoms with Crippen LogP contribution in [-0.4, -0.2) is 17.2 Å². The molecule has 1 aliphatic rings. The van der Waals surface area contributed by atoms with E-state index in [1.807, 2.05) is 13.2 Å². The number of hydrogen-bond donors (Lipinski definition) is 0. The molecule has 0 spiro atoms. The minimum Gasteiger partial charge on any atom is -0.145 e. The third kappa shape index (κ3) is 3.17. The first-order chi connectivity index (χ1) is 6.19. The molecule has 2 nitrogen and oxygen atoms in total. The first kappa shape index (κ1) is 11.9. The average molecular weight is 255 g/mol. The van der Waals surface area contributed by atoms with E-state index < -0.39 is 8.03 Å². The van der Waals surface area contributed by atoms with Gasteiger partial charge in [0.05, 0.1) is 10.8 Å². The van der Waals surface area contributed by atoms with Crippen molar-refractivity contribution in [3.05, 3.63) is 9.14 Å². The van der Waals surface area contributed by atoms with Crippen molar-refractivity contribution in [2.45, 2.75) is 18.2 Å². The minimum absolute atomic E-state index is 0.0670. The molecule has 2 atom stereocenters. The molecule has 0 aromatic carbocycles. The normalized spacial score (nSPS) is 23.9. The Kier molecular flexibility index (Phi) is 5.19. The van der Waals surface area contributed by atoms with E-state index in [1.165, 1.54) is 9.14 Å². The second kappa shape index (κ2) is 5.66. The van der Waals surface area contributed by atoms with Gasteiger partial charge in [0.1, 0.15) is 0 Å². The zero-order valence-corrected chi connectivity index (χ0v) is 11.1. The Morgan fingerprint density at radius 1 is 1.62 bits per heavy atom. The van der Waals surface area contributed by atoms with Crippen LogP contribution in [0.4, 0.5) is 0 Å². The summed E-state index contributed by atoms with van der Waals surface area (Å²) >= 11 is 5.04. The molecule has 6 heteroatoms. The van der Waals surface area contributed by atoms with Crippen molar-refractivity contribution < 1.29 is 9.09 Å². The Morgan fingerprint density at radius 2 is 2.31 bits per heavy atom. The molecule has 1 heterocycles. The van der Waals surface area contributed by atoms with Crippen LogP contribution in [0, 0.1) is 0 Å². The fourth-order valence-electron chi connectivity index (χ4n) is 0.864. The van der Waals surface area contributed by atoms with Crippen LogP contribution < -0.4 is 0 Å². The molecule has 0 amide bonds. The van der Waals surface area contributed by atoms with Crippen LogP contribution in [0.15, 0.2) is 9.14 Å². The van der Waals surface area contributed by atoms with Gasteiger partial charge in [0, 0.05) is 4.91 Å². The highest BCUT2D eigenvalue weighted by molar-refractivity contribution is 8.35. The lowest BCUT2D eigenvalue weighted by molar-refractivity contribution is 0.352. The maximum atomic E-state index is 11.5. The van der Waals surface area contributed by atoms with Gasteiger partial charge in [-0.25, -0.2) is 0 Å². The van der Waals surface area contributed by atoms with Gasteiger partial charge in [0.2, 0.25) is 0 Å². The summed E-state index contributed by atoms with van der Waals surface area (Å²) in [6.45, 7) is 4.46. The summed E-state index contributed by atoms with van der Waals surface area (Å²) in [4.78, 5) is 1.27. The molecule has 2 unspecified atom stereocenters. The Hall–Kier alpha value is 0.850. The summed E-state index contributed by atoms with van der Waals surface area (Å²) in [5, 5.41) is 0. The van der Waals surface area contributed by atoms with Crippen molar-refractivity contribution in [2.24, 2.45) is 0 Å². The lowest BCUT2D eigenvalue weighted by Crippen LogP contribution is -1.88. The summed E-state index contributed by atoms with van der Waals surface area (Å²) in [5.41, 5.74) is 0. The van der Waals surface area contributed by atoms with Crippen molar-refractivity contribution in [3.63, 3.8) is 0 Å². The molecule has 0 fully saturated rings. The van der Waals surface area contributed by atoms with Gasteiger partial charge in [-0.1, -0.05) is 11.8 Å². The van der Waals surface area contributed by atoms with E-state index in [0.29, 0.717) is 6.61 Å². The van der Waals surface area contributed by atoms with Crippen molar-refractivity contribution in [2.75, 3.05) is 12.9 Å². The molecule has 1 aliphatic heterocycles. The summed E-state index contributed by atoms with van der Waals surface area (Å²) < 4.78 is 17.9. The second-order valence-corrected chi connectivity index (χ2v) is 8.15. The van der Waals surface area contributed by atoms with E-state index in [4.69, 9.17) is 4.52 Å². The predicted molar refractivity (Wildman–Crippen MR) is 64.4 cm³/mol. The second-order valence-electron chi connectivity index (χ2n) is 2.29. The molecule has 13 heavy (non-hydrogen) atoms. The number of thioether (sulfide) groups is 3. The van der Waals surface area contributed by atoms with Crippen molar-refractivity contribution in [1.82, 2.24) is 0 Å². The molecule has 0 radical (unpaired) electrons. The third-order valence-electron chi connectivity index (χ3n) is 1.39. The van der Waals surface area contributed by atoms with Crippen molar-refractivity contribution >= 4 is 43.3 Å². The largest absolute Gasteiger partial charge is 0.534 e. The lowest BCUT2D eigenvalue weighted by Gasteiger charge is -1.94. The lowest BCUT2D eigenvalue weighted by atomic mass is 10.7. The van der Waals surface area contributed by atoms with E-state index in [9.17, 15) is 4.57 Å². The number of allylic oxidation sites excluding steroid dienone is 1. The number of hydrogen-bond acceptors (Lipinski definition) is 5. The van der Waals surface area contributed by atoms with Crippen molar-refractivity contribution in [1.29, 1.82) is 0 Å². The van der Waals surface area contributed by atoms with Gasteiger partial charge >= 0.3 is 8.03 Å². The van der Waals surface area contributed by atoms with E-state index >= 15 is 0 Å². The Labute approximate surface area is 92.5 Å². The monoisotopic (exact) mass is 255 g/mol. The molecule has 0 saturated carbocycles. The Morgan fingerprint density at radius 3 is 2.77 bits per heavy atom. The highest BCUT2D eigenvalue weighted by atomic mass is 32.2. The van der Waals surface area contributed by atoms with Crippen LogP contribution >= 0.6 is 43.3 Å². The first-order valence-corrected chi connectivity index (χ1v) is 8.09. The molecule has 74 valence electrons. The van der Waals surface area contributed by atoms with Crippen LogP contribution in [0.1, 0.15) is 13.8 Å². The van der Waals surface area contributed by atoms with Crippen LogP contribution in [0.3, 0.4) is 0 Å². The molecule has 0 N–H and O–H groups in total. The topological polar surface area (TPSA) is 26.3 Å². The van der Waals surface area contributed by atoms with E-state index in [-0.39, 0.29) is 4.32 Å². The Bertz CT molecular complexity index is 242. The average Bonchev–Trinajstić information content (AvgIpc) is 2.47. The van der Waals surface area contributed by atoms with Crippen molar-refractivity contribution in [3.8, 4) is 0 Å². The van der Waals surface area contributed by atoms with Crippen LogP contribution in [0.2, 0.25) is 0 Å². The SMILES string of the molecule is CCO[P+](=O)C1SC(C)=C(SC)S1. The van der Waals surface area contributed by atoms with Gasteiger partial charge in [-0.3, -0.25) is 0 Å². The van der Waals surface area contributed by atoms with Gasteiger partial charge in [-0.2, -0.15) is 0 Å². The summed E-state index contributed by atoms with van der Waals surface area (Å²) in [5.74, 6) is 0. The maximum absolute atomic E-state index is 11.5. The van der Waals surface area contributed by atoms with E-state index in [1.54, 1.807) is 35.3 Å². The molecular formula is C7H12O2PS3+. The van der Waals surface area contributed by atoms with Gasteiger partial charge in [-0.05, 0) is 36.4 Å². The van der Waals surface area contributed by atoms with Crippen LogP contribution in [-0.2, 0) is 9.09 Å². The predicted octanol–water partition coefficient (Wildman–Crippen LogP) is 4.08. The Balaban J connectivity index is 2.49. The summed E-state index contributed by atoms with van der Waals surface area (Å²) in [6.07, 6.45) is 2.04. The van der Waals surface area contributed by atoms with Gasteiger partial charge in [-0.15, -0.1) is 16.3 Å². The first-order valence-electron chi connectivity index (χ1n) is 3.86. The summed E-state index contributed by atoms with van der Waals surface area (Å²) in [7, 11) is -1.52. The molecule has 0 bridgehead atoms. The smallest absolute Gasteiger partial charge is 0.145 e. The fourth-order valence-corrected chi connectivity index (χ4v) is 6.79. The third-order valence-corrected chi connectivity index (χ3v) is 7.69. The molecular weight excluding hydrogens is 243 g/mol. The fraction of sp³-hybridized carbons (Fsp3) is 0.714. The van der Waals surface area contributed by atoms with E-state index in [0.717, 1.165) is 0 Å². The molecule has 1 rings (SSSR count). The summed E-state index contributed by atoms with van der Waals surface area (Å²) in [6, 6.07) is 0. The quantitative estimate of drug-likeness (QED) is 0.705. The van der Waals surface area contributed by atoms with Crippen LogP contribution in [0.25, 0.3) is 0 Å².